The number of pyridine rings is 2. The first kappa shape index (κ1) is 16.6. The highest BCUT2D eigenvalue weighted by Crippen LogP contribution is 2.12. The first-order valence-electron chi connectivity index (χ1n) is 8.13. The molecule has 3 aromatic rings. The third-order valence-electron chi connectivity index (χ3n) is 3.76. The summed E-state index contributed by atoms with van der Waals surface area (Å²) in [6.45, 7) is 2.72. The molecular weight excluding hydrogens is 312 g/mol. The first-order chi connectivity index (χ1) is 12.2. The van der Waals surface area contributed by atoms with Gasteiger partial charge in [-0.05, 0) is 42.3 Å². The minimum absolute atomic E-state index is 0.0751. The van der Waals surface area contributed by atoms with Crippen molar-refractivity contribution in [2.75, 3.05) is 10.6 Å². The Hall–Kier alpha value is -3.21. The fourth-order valence-electron chi connectivity index (χ4n) is 2.36. The molecular formula is C20H20N4O. The fraction of sp³-hybridized carbons (Fsp3) is 0.150. The molecule has 2 aromatic heterocycles. The summed E-state index contributed by atoms with van der Waals surface area (Å²) in [5.74, 6) is 0.473. The van der Waals surface area contributed by atoms with E-state index in [9.17, 15) is 4.79 Å². The van der Waals surface area contributed by atoms with E-state index < -0.39 is 0 Å². The highest BCUT2D eigenvalue weighted by Gasteiger charge is 2.05. The number of nitrogens with zero attached hydrogens (tertiary/aromatic N) is 2. The maximum Gasteiger partial charge on any atom is 0.229 e. The van der Waals surface area contributed by atoms with Crippen LogP contribution in [0.15, 0.2) is 67.1 Å². The molecule has 0 aliphatic heterocycles. The number of aryl methyl sites for hydroxylation is 1. The van der Waals surface area contributed by atoms with Gasteiger partial charge in [-0.2, -0.15) is 0 Å². The molecule has 0 aliphatic carbocycles. The average molecular weight is 332 g/mol. The molecule has 0 radical (unpaired) electrons. The Balaban J connectivity index is 1.51. The quantitative estimate of drug-likeness (QED) is 0.724. The van der Waals surface area contributed by atoms with Crippen LogP contribution >= 0.6 is 0 Å². The smallest absolute Gasteiger partial charge is 0.229 e. The maximum absolute atomic E-state index is 12.1. The molecule has 0 saturated carbocycles. The van der Waals surface area contributed by atoms with E-state index in [1.54, 1.807) is 24.7 Å². The number of hydrogen-bond acceptors (Lipinski definition) is 4. The number of benzene rings is 1. The van der Waals surface area contributed by atoms with Crippen molar-refractivity contribution in [2.45, 2.75) is 19.9 Å². The maximum atomic E-state index is 12.1. The zero-order valence-electron chi connectivity index (χ0n) is 14.1. The molecule has 0 saturated heterocycles. The molecule has 0 fully saturated rings. The van der Waals surface area contributed by atoms with Gasteiger partial charge < -0.3 is 10.6 Å². The van der Waals surface area contributed by atoms with Crippen molar-refractivity contribution in [3.8, 4) is 0 Å². The Labute approximate surface area is 147 Å². The van der Waals surface area contributed by atoms with Gasteiger partial charge in [0, 0.05) is 18.9 Å². The number of hydrogen-bond donors (Lipinski definition) is 2. The molecule has 0 atom stereocenters. The van der Waals surface area contributed by atoms with Crippen molar-refractivity contribution in [3.05, 3.63) is 83.8 Å². The van der Waals surface area contributed by atoms with Crippen LogP contribution in [0.3, 0.4) is 0 Å². The van der Waals surface area contributed by atoms with E-state index in [1.165, 1.54) is 5.56 Å². The van der Waals surface area contributed by atoms with E-state index >= 15 is 0 Å². The van der Waals surface area contributed by atoms with Crippen molar-refractivity contribution in [2.24, 2.45) is 0 Å². The van der Waals surface area contributed by atoms with Gasteiger partial charge in [0.05, 0.1) is 18.3 Å². The molecule has 0 unspecified atom stereocenters. The predicted molar refractivity (Wildman–Crippen MR) is 99.3 cm³/mol. The van der Waals surface area contributed by atoms with E-state index in [4.69, 9.17) is 0 Å². The Morgan fingerprint density at radius 2 is 1.72 bits per heavy atom. The second kappa shape index (κ2) is 8.06. The molecule has 0 aliphatic rings. The van der Waals surface area contributed by atoms with Crippen LogP contribution in [0.25, 0.3) is 0 Å². The van der Waals surface area contributed by atoms with Gasteiger partial charge in [0.1, 0.15) is 5.82 Å². The highest BCUT2D eigenvalue weighted by molar-refractivity contribution is 5.91. The van der Waals surface area contributed by atoms with Crippen LogP contribution in [0, 0.1) is 6.92 Å². The van der Waals surface area contributed by atoms with Crippen LogP contribution in [0.4, 0.5) is 11.5 Å². The molecule has 1 aromatic carbocycles. The number of carbonyl (C=O) groups excluding carboxylic acids is 1. The van der Waals surface area contributed by atoms with Crippen molar-refractivity contribution in [3.63, 3.8) is 0 Å². The lowest BCUT2D eigenvalue weighted by atomic mass is 10.1. The minimum atomic E-state index is -0.0751. The van der Waals surface area contributed by atoms with Crippen LogP contribution in [0.5, 0.6) is 0 Å². The van der Waals surface area contributed by atoms with E-state index in [-0.39, 0.29) is 5.91 Å². The summed E-state index contributed by atoms with van der Waals surface area (Å²) in [7, 11) is 0. The second-order valence-corrected chi connectivity index (χ2v) is 5.85. The highest BCUT2D eigenvalue weighted by atomic mass is 16.1. The summed E-state index contributed by atoms with van der Waals surface area (Å²) in [4.78, 5) is 20.4. The molecule has 126 valence electrons. The zero-order chi connectivity index (χ0) is 17.5. The minimum Gasteiger partial charge on any atom is -0.380 e. The number of carbonyl (C=O) groups is 1. The largest absolute Gasteiger partial charge is 0.380 e. The summed E-state index contributed by atoms with van der Waals surface area (Å²) >= 11 is 0. The molecule has 0 spiro atoms. The van der Waals surface area contributed by atoms with Crippen molar-refractivity contribution in [1.82, 2.24) is 9.97 Å². The topological polar surface area (TPSA) is 66.9 Å². The molecule has 5 heteroatoms. The zero-order valence-corrected chi connectivity index (χ0v) is 14.1. The van der Waals surface area contributed by atoms with Gasteiger partial charge in [0.15, 0.2) is 0 Å². The normalized spacial score (nSPS) is 10.3. The molecule has 25 heavy (non-hydrogen) atoms. The van der Waals surface area contributed by atoms with Crippen molar-refractivity contribution >= 4 is 17.4 Å². The summed E-state index contributed by atoms with van der Waals surface area (Å²) < 4.78 is 0. The Kier molecular flexibility index (Phi) is 5.36. The molecule has 3 rings (SSSR count). The lowest BCUT2D eigenvalue weighted by Crippen LogP contribution is -2.15. The van der Waals surface area contributed by atoms with Gasteiger partial charge in [-0.15, -0.1) is 0 Å². The Morgan fingerprint density at radius 1 is 0.960 bits per heavy atom. The molecule has 2 N–H and O–H groups in total. The van der Waals surface area contributed by atoms with E-state index in [0.717, 1.165) is 16.8 Å². The second-order valence-electron chi connectivity index (χ2n) is 5.85. The average Bonchev–Trinajstić information content (AvgIpc) is 2.64. The molecule has 0 bridgehead atoms. The van der Waals surface area contributed by atoms with Gasteiger partial charge in [-0.1, -0.05) is 29.8 Å². The summed E-state index contributed by atoms with van der Waals surface area (Å²) in [5, 5.41) is 6.10. The van der Waals surface area contributed by atoms with E-state index in [0.29, 0.717) is 18.8 Å². The van der Waals surface area contributed by atoms with Gasteiger partial charge in [-0.25, -0.2) is 4.98 Å². The van der Waals surface area contributed by atoms with Crippen molar-refractivity contribution < 1.29 is 4.79 Å². The van der Waals surface area contributed by atoms with Crippen LogP contribution in [-0.4, -0.2) is 15.9 Å². The number of nitrogens with one attached hydrogen (secondary N) is 2. The molecule has 2 heterocycles. The standard InChI is InChI=1S/C20H20N4O/c1-15-2-4-16(5-3-15)12-20(25)24-19-7-6-18(14-23-19)22-13-17-8-10-21-11-9-17/h2-11,14,22H,12-13H2,1H3,(H,23,24,25). The predicted octanol–water partition coefficient (Wildman–Crippen LogP) is 3.58. The van der Waals surface area contributed by atoms with E-state index in [1.807, 2.05) is 49.4 Å². The Bertz CT molecular complexity index is 815. The van der Waals surface area contributed by atoms with Gasteiger partial charge >= 0.3 is 0 Å². The number of anilines is 2. The van der Waals surface area contributed by atoms with Crippen LogP contribution < -0.4 is 10.6 Å². The van der Waals surface area contributed by atoms with Crippen LogP contribution in [-0.2, 0) is 17.8 Å². The third kappa shape index (κ3) is 5.14. The molecule has 1 amide bonds. The van der Waals surface area contributed by atoms with Crippen molar-refractivity contribution in [1.29, 1.82) is 0 Å². The number of amides is 1. The monoisotopic (exact) mass is 332 g/mol. The van der Waals surface area contributed by atoms with Crippen LogP contribution in [0.2, 0.25) is 0 Å². The molecule has 5 nitrogen and oxygen atoms in total. The van der Waals surface area contributed by atoms with Gasteiger partial charge in [0.25, 0.3) is 0 Å². The summed E-state index contributed by atoms with van der Waals surface area (Å²) in [6.07, 6.45) is 5.58. The first-order valence-corrected chi connectivity index (χ1v) is 8.13. The lowest BCUT2D eigenvalue weighted by molar-refractivity contribution is -0.115. The fourth-order valence-corrected chi connectivity index (χ4v) is 2.36. The SMILES string of the molecule is Cc1ccc(CC(=O)Nc2ccc(NCc3ccncc3)cn2)cc1. The van der Waals surface area contributed by atoms with E-state index in [2.05, 4.69) is 20.6 Å². The Morgan fingerprint density at radius 3 is 2.40 bits per heavy atom. The summed E-state index contributed by atoms with van der Waals surface area (Å²) in [6, 6.07) is 15.6. The summed E-state index contributed by atoms with van der Waals surface area (Å²) in [5.41, 5.74) is 4.21. The van der Waals surface area contributed by atoms with Gasteiger partial charge in [0.2, 0.25) is 5.91 Å². The number of aromatic nitrogens is 2. The van der Waals surface area contributed by atoms with Crippen LogP contribution in [0.1, 0.15) is 16.7 Å². The van der Waals surface area contributed by atoms with Gasteiger partial charge in [-0.3, -0.25) is 9.78 Å². The lowest BCUT2D eigenvalue weighted by Gasteiger charge is -2.08. The third-order valence-corrected chi connectivity index (χ3v) is 3.76. The number of rotatable bonds is 6.